The maximum absolute atomic E-state index is 11.8. The molecule has 19 heavy (non-hydrogen) atoms. The van der Waals surface area contributed by atoms with Crippen LogP contribution in [-0.2, 0) is 4.79 Å². The van der Waals surface area contributed by atoms with Crippen molar-refractivity contribution in [3.05, 3.63) is 41.3 Å². The molecule has 1 aromatic heterocycles. The summed E-state index contributed by atoms with van der Waals surface area (Å²) < 4.78 is 1.24. The van der Waals surface area contributed by atoms with Crippen LogP contribution in [0, 0.1) is 6.92 Å². The van der Waals surface area contributed by atoms with Gasteiger partial charge in [0.25, 0.3) is 0 Å². The number of aryl methyl sites for hydroxylation is 1. The first-order chi connectivity index (χ1) is 9.15. The maximum Gasteiger partial charge on any atom is 0.225 e. The molecular formula is C14H16N2OS2. The molecule has 5 heteroatoms. The summed E-state index contributed by atoms with van der Waals surface area (Å²) in [6.07, 6.45) is 0.497. The van der Waals surface area contributed by atoms with Gasteiger partial charge in [-0.3, -0.25) is 4.79 Å². The SMILES string of the molecule is Cc1ccc(N)cc1NC(=O)CCSc1cccs1. The third-order valence-corrected chi connectivity index (χ3v) is 4.74. The molecule has 0 saturated heterocycles. The monoisotopic (exact) mass is 292 g/mol. The number of thioether (sulfide) groups is 1. The van der Waals surface area contributed by atoms with Crippen molar-refractivity contribution in [1.82, 2.24) is 0 Å². The molecule has 0 saturated carbocycles. The van der Waals surface area contributed by atoms with Gasteiger partial charge >= 0.3 is 0 Å². The van der Waals surface area contributed by atoms with E-state index in [4.69, 9.17) is 5.73 Å². The van der Waals surface area contributed by atoms with Crippen molar-refractivity contribution < 1.29 is 4.79 Å². The van der Waals surface area contributed by atoms with E-state index in [2.05, 4.69) is 11.4 Å². The van der Waals surface area contributed by atoms with Crippen LogP contribution in [0.4, 0.5) is 11.4 Å². The van der Waals surface area contributed by atoms with E-state index >= 15 is 0 Å². The highest BCUT2D eigenvalue weighted by molar-refractivity contribution is 8.01. The Morgan fingerprint density at radius 1 is 1.42 bits per heavy atom. The first kappa shape index (κ1) is 14.0. The Labute approximate surface area is 121 Å². The summed E-state index contributed by atoms with van der Waals surface area (Å²) in [7, 11) is 0. The molecule has 0 unspecified atom stereocenters. The van der Waals surface area contributed by atoms with E-state index in [-0.39, 0.29) is 5.91 Å². The van der Waals surface area contributed by atoms with Crippen molar-refractivity contribution in [3.8, 4) is 0 Å². The van der Waals surface area contributed by atoms with Gasteiger partial charge in [-0.15, -0.1) is 23.1 Å². The summed E-state index contributed by atoms with van der Waals surface area (Å²) in [4.78, 5) is 11.8. The van der Waals surface area contributed by atoms with Crippen LogP contribution in [0.1, 0.15) is 12.0 Å². The summed E-state index contributed by atoms with van der Waals surface area (Å²) in [5.74, 6) is 0.811. The predicted octanol–water partition coefficient (Wildman–Crippen LogP) is 3.76. The quantitative estimate of drug-likeness (QED) is 0.651. The van der Waals surface area contributed by atoms with Gasteiger partial charge in [0.15, 0.2) is 0 Å². The second-order valence-electron chi connectivity index (χ2n) is 4.15. The van der Waals surface area contributed by atoms with Gasteiger partial charge in [0.05, 0.1) is 4.21 Å². The zero-order valence-electron chi connectivity index (χ0n) is 10.7. The summed E-state index contributed by atoms with van der Waals surface area (Å²) >= 11 is 3.40. The van der Waals surface area contributed by atoms with Crippen LogP contribution in [0.15, 0.2) is 39.9 Å². The van der Waals surface area contributed by atoms with E-state index in [1.165, 1.54) is 4.21 Å². The fraction of sp³-hybridized carbons (Fsp3) is 0.214. The Balaban J connectivity index is 1.82. The van der Waals surface area contributed by atoms with E-state index in [1.54, 1.807) is 29.2 Å². The Morgan fingerprint density at radius 2 is 2.26 bits per heavy atom. The number of hydrogen-bond donors (Lipinski definition) is 2. The number of nitrogen functional groups attached to an aromatic ring is 1. The van der Waals surface area contributed by atoms with Crippen LogP contribution in [0.5, 0.6) is 0 Å². The minimum absolute atomic E-state index is 0.0257. The van der Waals surface area contributed by atoms with Gasteiger partial charge in [-0.2, -0.15) is 0 Å². The van der Waals surface area contributed by atoms with Gasteiger partial charge in [-0.25, -0.2) is 0 Å². The van der Waals surface area contributed by atoms with Crippen LogP contribution >= 0.6 is 23.1 Å². The Bertz CT molecular complexity index is 553. The van der Waals surface area contributed by atoms with Crippen molar-refractivity contribution in [2.75, 3.05) is 16.8 Å². The molecule has 0 atom stereocenters. The van der Waals surface area contributed by atoms with Crippen LogP contribution < -0.4 is 11.1 Å². The number of rotatable bonds is 5. The summed E-state index contributed by atoms with van der Waals surface area (Å²) in [5, 5.41) is 4.94. The zero-order valence-corrected chi connectivity index (χ0v) is 12.3. The lowest BCUT2D eigenvalue weighted by atomic mass is 10.2. The molecule has 0 aliphatic heterocycles. The van der Waals surface area contributed by atoms with E-state index < -0.39 is 0 Å². The molecule has 0 aliphatic carbocycles. The lowest BCUT2D eigenvalue weighted by molar-refractivity contribution is -0.115. The Morgan fingerprint density at radius 3 is 3.00 bits per heavy atom. The molecule has 0 aliphatic rings. The smallest absolute Gasteiger partial charge is 0.225 e. The molecule has 1 aromatic carbocycles. The van der Waals surface area contributed by atoms with Crippen LogP contribution in [0.3, 0.4) is 0 Å². The van der Waals surface area contributed by atoms with Crippen molar-refractivity contribution >= 4 is 40.4 Å². The topological polar surface area (TPSA) is 55.1 Å². The van der Waals surface area contributed by atoms with Gasteiger partial charge in [-0.05, 0) is 36.1 Å². The van der Waals surface area contributed by atoms with Gasteiger partial charge in [0.2, 0.25) is 5.91 Å². The average Bonchev–Trinajstić information content (AvgIpc) is 2.87. The van der Waals surface area contributed by atoms with Gasteiger partial charge < -0.3 is 11.1 Å². The van der Waals surface area contributed by atoms with Gasteiger partial charge in [-0.1, -0.05) is 12.1 Å². The molecule has 1 heterocycles. The number of hydrogen-bond acceptors (Lipinski definition) is 4. The maximum atomic E-state index is 11.8. The molecule has 0 fully saturated rings. The van der Waals surface area contributed by atoms with Crippen molar-refractivity contribution in [3.63, 3.8) is 0 Å². The fourth-order valence-electron chi connectivity index (χ4n) is 1.58. The highest BCUT2D eigenvalue weighted by Crippen LogP contribution is 2.24. The van der Waals surface area contributed by atoms with E-state index in [0.717, 1.165) is 17.0 Å². The molecule has 2 rings (SSSR count). The zero-order chi connectivity index (χ0) is 13.7. The molecule has 2 aromatic rings. The number of benzene rings is 1. The molecule has 3 N–H and O–H groups in total. The van der Waals surface area contributed by atoms with E-state index in [0.29, 0.717) is 12.1 Å². The second kappa shape index (κ2) is 6.63. The summed E-state index contributed by atoms with van der Waals surface area (Å²) in [6, 6.07) is 9.61. The number of amides is 1. The lowest BCUT2D eigenvalue weighted by Gasteiger charge is -2.08. The number of nitrogens with one attached hydrogen (secondary N) is 1. The standard InChI is InChI=1S/C14H16N2OS2/c1-10-4-5-11(15)9-12(10)16-13(17)6-8-19-14-3-2-7-18-14/h2-5,7,9H,6,8,15H2,1H3,(H,16,17). The summed E-state index contributed by atoms with van der Waals surface area (Å²) in [6.45, 7) is 1.95. The van der Waals surface area contributed by atoms with Gasteiger partial charge in [0.1, 0.15) is 0 Å². The number of thiophene rings is 1. The van der Waals surface area contributed by atoms with Crippen LogP contribution in [0.25, 0.3) is 0 Å². The first-order valence-corrected chi connectivity index (χ1v) is 7.84. The summed E-state index contributed by atoms with van der Waals surface area (Å²) in [5.41, 5.74) is 8.19. The Hall–Kier alpha value is -1.46. The van der Waals surface area contributed by atoms with Crippen LogP contribution in [-0.4, -0.2) is 11.7 Å². The van der Waals surface area contributed by atoms with Crippen molar-refractivity contribution in [1.29, 1.82) is 0 Å². The average molecular weight is 292 g/mol. The predicted molar refractivity (Wildman–Crippen MR) is 83.9 cm³/mol. The highest BCUT2D eigenvalue weighted by atomic mass is 32.2. The molecule has 0 spiro atoms. The third-order valence-electron chi connectivity index (χ3n) is 2.60. The first-order valence-electron chi connectivity index (χ1n) is 5.97. The van der Waals surface area contributed by atoms with Crippen LogP contribution in [0.2, 0.25) is 0 Å². The van der Waals surface area contributed by atoms with E-state index in [9.17, 15) is 4.79 Å². The molecule has 0 bridgehead atoms. The molecular weight excluding hydrogens is 276 g/mol. The molecule has 3 nitrogen and oxygen atoms in total. The number of anilines is 2. The highest BCUT2D eigenvalue weighted by Gasteiger charge is 2.05. The number of nitrogens with two attached hydrogens (primary N) is 1. The molecule has 1 amide bonds. The normalized spacial score (nSPS) is 10.4. The number of carbonyl (C=O) groups excluding carboxylic acids is 1. The molecule has 0 radical (unpaired) electrons. The second-order valence-corrected chi connectivity index (χ2v) is 6.50. The largest absolute Gasteiger partial charge is 0.399 e. The van der Waals surface area contributed by atoms with E-state index in [1.807, 2.05) is 30.5 Å². The minimum Gasteiger partial charge on any atom is -0.399 e. The Kier molecular flexibility index (Phi) is 4.87. The number of carbonyl (C=O) groups is 1. The van der Waals surface area contributed by atoms with Crippen molar-refractivity contribution in [2.45, 2.75) is 17.6 Å². The third kappa shape index (κ3) is 4.29. The fourth-order valence-corrected chi connectivity index (χ4v) is 3.38. The lowest BCUT2D eigenvalue weighted by Crippen LogP contribution is -2.13. The minimum atomic E-state index is 0.0257. The van der Waals surface area contributed by atoms with Gasteiger partial charge in [0, 0.05) is 23.5 Å². The molecule has 100 valence electrons. The van der Waals surface area contributed by atoms with Crippen molar-refractivity contribution in [2.24, 2.45) is 0 Å².